The van der Waals surface area contributed by atoms with Crippen molar-refractivity contribution in [2.45, 2.75) is 0 Å². The van der Waals surface area contributed by atoms with Gasteiger partial charge in [0.2, 0.25) is 0 Å². The van der Waals surface area contributed by atoms with Crippen LogP contribution in [0.3, 0.4) is 0 Å². The number of anilines is 2. The van der Waals surface area contributed by atoms with Crippen LogP contribution in [0, 0.1) is 0 Å². The molecule has 0 atom stereocenters. The van der Waals surface area contributed by atoms with E-state index in [1.54, 1.807) is 4.68 Å². The van der Waals surface area contributed by atoms with Gasteiger partial charge in [-0.2, -0.15) is 5.10 Å². The molecule has 4 nitrogen and oxygen atoms in total. The largest absolute Gasteiger partial charge is 0.389 e. The third kappa shape index (κ3) is 2.83. The monoisotopic (exact) mass is 310 g/mol. The number of rotatable bonds is 3. The van der Waals surface area contributed by atoms with Crippen LogP contribution < -0.4 is 11.1 Å². The maximum Gasteiger partial charge on any atom is 0.152 e. The van der Waals surface area contributed by atoms with Crippen LogP contribution in [0.15, 0.2) is 34.9 Å². The number of aryl methyl sites for hydroxylation is 1. The highest BCUT2D eigenvalue weighted by atomic mass is 79.9. The van der Waals surface area contributed by atoms with E-state index >= 15 is 0 Å². The zero-order valence-electron chi connectivity index (χ0n) is 9.14. The highest BCUT2D eigenvalue weighted by Crippen LogP contribution is 2.23. The van der Waals surface area contributed by atoms with Gasteiger partial charge in [0, 0.05) is 35.0 Å². The van der Waals surface area contributed by atoms with Gasteiger partial charge < -0.3 is 11.1 Å². The van der Waals surface area contributed by atoms with Crippen LogP contribution in [0.2, 0.25) is 0 Å². The first kappa shape index (κ1) is 12.1. The summed E-state index contributed by atoms with van der Waals surface area (Å²) in [5, 5.41) is 7.42. The summed E-state index contributed by atoms with van der Waals surface area (Å²) in [6, 6.07) is 7.60. The Morgan fingerprint density at radius 3 is 2.82 bits per heavy atom. The summed E-state index contributed by atoms with van der Waals surface area (Å²) < 4.78 is 2.66. The number of nitrogens with one attached hydrogen (secondary N) is 1. The average Bonchev–Trinajstić information content (AvgIpc) is 2.66. The highest BCUT2D eigenvalue weighted by Gasteiger charge is 2.07. The minimum absolute atomic E-state index is 0.352. The quantitative estimate of drug-likeness (QED) is 0.856. The van der Waals surface area contributed by atoms with Gasteiger partial charge in [-0.3, -0.25) is 4.68 Å². The smallest absolute Gasteiger partial charge is 0.152 e. The van der Waals surface area contributed by atoms with Gasteiger partial charge in [-0.15, -0.1) is 0 Å². The lowest BCUT2D eigenvalue weighted by Crippen LogP contribution is -2.12. The second-order valence-electron chi connectivity index (χ2n) is 3.55. The lowest BCUT2D eigenvalue weighted by atomic mass is 10.2. The van der Waals surface area contributed by atoms with Crippen LogP contribution in [0.1, 0.15) is 5.56 Å². The van der Waals surface area contributed by atoms with Crippen LogP contribution in [-0.2, 0) is 7.05 Å². The molecule has 0 bridgehead atoms. The van der Waals surface area contributed by atoms with Crippen LogP contribution in [0.25, 0.3) is 0 Å². The predicted octanol–water partition coefficient (Wildman–Crippen LogP) is 2.56. The summed E-state index contributed by atoms with van der Waals surface area (Å²) in [5.74, 6) is 0.757. The lowest BCUT2D eigenvalue weighted by Gasteiger charge is -2.09. The molecular formula is C11H11BrN4S. The summed E-state index contributed by atoms with van der Waals surface area (Å²) in [7, 11) is 1.86. The first-order valence-electron chi connectivity index (χ1n) is 4.92. The van der Waals surface area contributed by atoms with Gasteiger partial charge in [-0.1, -0.05) is 28.1 Å². The molecule has 0 saturated carbocycles. The van der Waals surface area contributed by atoms with Crippen LogP contribution in [0.5, 0.6) is 0 Å². The van der Waals surface area contributed by atoms with Gasteiger partial charge in [0.1, 0.15) is 4.99 Å². The van der Waals surface area contributed by atoms with Crippen molar-refractivity contribution in [3.63, 3.8) is 0 Å². The molecule has 88 valence electrons. The van der Waals surface area contributed by atoms with E-state index in [-0.39, 0.29) is 0 Å². The molecule has 0 radical (unpaired) electrons. The SMILES string of the molecule is Cn1ccc(Nc2ccc(Br)cc2C(N)=S)n1. The number of halogens is 1. The van der Waals surface area contributed by atoms with E-state index in [0.29, 0.717) is 4.99 Å². The fourth-order valence-electron chi connectivity index (χ4n) is 1.45. The maximum absolute atomic E-state index is 5.69. The highest BCUT2D eigenvalue weighted by molar-refractivity contribution is 9.10. The van der Waals surface area contributed by atoms with Crippen molar-refractivity contribution < 1.29 is 0 Å². The van der Waals surface area contributed by atoms with Crippen LogP contribution >= 0.6 is 28.1 Å². The standard InChI is InChI=1S/C11H11BrN4S/c1-16-5-4-10(15-16)14-9-3-2-7(12)6-8(9)11(13)17/h2-6H,1H3,(H2,13,17)(H,14,15). The molecule has 0 fully saturated rings. The van der Waals surface area contributed by atoms with E-state index in [1.165, 1.54) is 0 Å². The van der Waals surface area contributed by atoms with Crippen molar-refractivity contribution >= 4 is 44.6 Å². The number of nitrogens with zero attached hydrogens (tertiary/aromatic N) is 2. The van der Waals surface area contributed by atoms with Crippen molar-refractivity contribution in [3.8, 4) is 0 Å². The number of thiocarbonyl (C=S) groups is 1. The van der Waals surface area contributed by atoms with Gasteiger partial charge in [0.15, 0.2) is 5.82 Å². The summed E-state index contributed by atoms with van der Waals surface area (Å²) in [5.41, 5.74) is 7.33. The minimum Gasteiger partial charge on any atom is -0.389 e. The van der Waals surface area contributed by atoms with Crippen LogP contribution in [-0.4, -0.2) is 14.8 Å². The second kappa shape index (κ2) is 4.85. The zero-order valence-corrected chi connectivity index (χ0v) is 11.5. The Bertz CT molecular complexity index is 564. The van der Waals surface area contributed by atoms with Gasteiger partial charge in [-0.05, 0) is 18.2 Å². The molecule has 0 aliphatic rings. The third-order valence-corrected chi connectivity index (χ3v) is 2.94. The maximum atomic E-state index is 5.69. The van der Waals surface area contributed by atoms with E-state index < -0.39 is 0 Å². The molecule has 0 aliphatic carbocycles. The van der Waals surface area contributed by atoms with Crippen molar-refractivity contribution in [1.29, 1.82) is 0 Å². The molecule has 6 heteroatoms. The van der Waals surface area contributed by atoms with Gasteiger partial charge in [0.05, 0.1) is 0 Å². The lowest BCUT2D eigenvalue weighted by molar-refractivity contribution is 0.771. The van der Waals surface area contributed by atoms with E-state index in [2.05, 4.69) is 26.3 Å². The summed E-state index contributed by atoms with van der Waals surface area (Å²) in [6.45, 7) is 0. The summed E-state index contributed by atoms with van der Waals surface area (Å²) >= 11 is 8.41. The van der Waals surface area contributed by atoms with Crippen molar-refractivity contribution in [2.75, 3.05) is 5.32 Å². The predicted molar refractivity (Wildman–Crippen MR) is 76.5 cm³/mol. The molecule has 0 saturated heterocycles. The first-order chi connectivity index (χ1) is 8.06. The van der Waals surface area contributed by atoms with Gasteiger partial charge >= 0.3 is 0 Å². The van der Waals surface area contributed by atoms with Crippen molar-refractivity contribution in [2.24, 2.45) is 12.8 Å². The summed E-state index contributed by atoms with van der Waals surface area (Å²) in [4.78, 5) is 0.352. The Morgan fingerprint density at radius 1 is 1.47 bits per heavy atom. The van der Waals surface area contributed by atoms with Gasteiger partial charge in [-0.25, -0.2) is 0 Å². The Hall–Kier alpha value is -1.40. The molecular weight excluding hydrogens is 300 g/mol. The average molecular weight is 311 g/mol. The minimum atomic E-state index is 0.352. The molecule has 0 spiro atoms. The molecule has 1 aromatic heterocycles. The Kier molecular flexibility index (Phi) is 3.44. The van der Waals surface area contributed by atoms with Crippen molar-refractivity contribution in [1.82, 2.24) is 9.78 Å². The fourth-order valence-corrected chi connectivity index (χ4v) is 1.98. The topological polar surface area (TPSA) is 55.9 Å². The number of hydrogen-bond acceptors (Lipinski definition) is 3. The second-order valence-corrected chi connectivity index (χ2v) is 4.91. The molecule has 3 N–H and O–H groups in total. The molecule has 0 aliphatic heterocycles. The number of nitrogens with two attached hydrogens (primary N) is 1. The molecule has 0 amide bonds. The normalized spacial score (nSPS) is 10.2. The van der Waals surface area contributed by atoms with E-state index in [1.807, 2.05) is 37.5 Å². The van der Waals surface area contributed by atoms with E-state index in [0.717, 1.165) is 21.5 Å². The Labute approximate surface area is 113 Å². The molecule has 2 aromatic rings. The molecule has 17 heavy (non-hydrogen) atoms. The number of hydrogen-bond donors (Lipinski definition) is 2. The fraction of sp³-hybridized carbons (Fsp3) is 0.0909. The summed E-state index contributed by atoms with van der Waals surface area (Å²) in [6.07, 6.45) is 1.86. The van der Waals surface area contributed by atoms with Crippen LogP contribution in [0.4, 0.5) is 11.5 Å². The Morgan fingerprint density at radius 2 is 2.24 bits per heavy atom. The number of aromatic nitrogens is 2. The number of benzene rings is 1. The van der Waals surface area contributed by atoms with Crippen molar-refractivity contribution in [3.05, 3.63) is 40.5 Å². The van der Waals surface area contributed by atoms with E-state index in [9.17, 15) is 0 Å². The first-order valence-corrected chi connectivity index (χ1v) is 6.12. The third-order valence-electron chi connectivity index (χ3n) is 2.22. The van der Waals surface area contributed by atoms with Gasteiger partial charge in [0.25, 0.3) is 0 Å². The Balaban J connectivity index is 2.35. The molecule has 2 rings (SSSR count). The molecule has 1 heterocycles. The molecule has 0 unspecified atom stereocenters. The molecule has 1 aromatic carbocycles. The zero-order chi connectivity index (χ0) is 12.4. The van der Waals surface area contributed by atoms with E-state index in [4.69, 9.17) is 18.0 Å².